The van der Waals surface area contributed by atoms with Crippen LogP contribution in [0.5, 0.6) is 0 Å². The zero-order valence-electron chi connectivity index (χ0n) is 28.5. The van der Waals surface area contributed by atoms with Crippen LogP contribution in [0.4, 0.5) is 0 Å². The minimum atomic E-state index is -4.09. The molecule has 4 N–H and O–H groups in total. The number of sulfonamides is 2. The molecule has 1 heterocycles. The van der Waals surface area contributed by atoms with Gasteiger partial charge in [-0.1, -0.05) is 80.6 Å². The van der Waals surface area contributed by atoms with Crippen LogP contribution in [0, 0.1) is 5.92 Å². The first-order chi connectivity index (χ1) is 24.2. The van der Waals surface area contributed by atoms with Gasteiger partial charge in [-0.25, -0.2) is 26.3 Å². The topological polar surface area (TPSA) is 191 Å². The molecule has 0 saturated carbocycles. The van der Waals surface area contributed by atoms with E-state index < -0.39 is 62.9 Å². The van der Waals surface area contributed by atoms with Crippen molar-refractivity contribution in [3.05, 3.63) is 96.6 Å². The quantitative estimate of drug-likeness (QED) is 0.199. The molecule has 0 aliphatic carbocycles. The van der Waals surface area contributed by atoms with Gasteiger partial charge in [-0.15, -0.1) is 0 Å². The molecule has 4 rings (SSSR count). The van der Waals surface area contributed by atoms with Crippen LogP contribution in [0.15, 0.2) is 101 Å². The highest BCUT2D eigenvalue weighted by atomic mass is 32.2. The number of benzene rings is 3. The third-order valence-corrected chi connectivity index (χ3v) is 10.9. The minimum Gasteiger partial charge on any atom is -0.342 e. The number of nitrogens with one attached hydrogen (secondary N) is 4. The average molecular weight is 741 g/mol. The summed E-state index contributed by atoms with van der Waals surface area (Å²) in [7, 11) is -8.00. The van der Waals surface area contributed by atoms with Gasteiger partial charge in [-0.05, 0) is 35.7 Å². The first kappa shape index (κ1) is 39.2. The molecule has 1 fully saturated rings. The highest BCUT2D eigenvalue weighted by Gasteiger charge is 2.33. The fourth-order valence-electron chi connectivity index (χ4n) is 5.38. The monoisotopic (exact) mass is 740 g/mol. The van der Waals surface area contributed by atoms with Gasteiger partial charge in [0.15, 0.2) is 0 Å². The van der Waals surface area contributed by atoms with Crippen LogP contribution in [0.1, 0.15) is 25.8 Å². The Balaban J connectivity index is 1.65. The van der Waals surface area contributed by atoms with Crippen LogP contribution in [-0.2, 0) is 45.6 Å². The molecule has 274 valence electrons. The Bertz CT molecular complexity index is 1860. The SMILES string of the molecule is CC(C)CC(=O)N1CCN(CCNS(=O)(=O)c2ccccc2)C(=O)[C@H](Cc2ccccc2)NC(=O)[C@@H](CNS(=O)(=O)c2ccccc2)NC(=O)C1. The lowest BCUT2D eigenvalue weighted by Gasteiger charge is -2.33. The molecule has 3 aromatic rings. The number of hydrogen-bond acceptors (Lipinski definition) is 8. The van der Waals surface area contributed by atoms with Crippen molar-refractivity contribution in [1.29, 1.82) is 0 Å². The standard InChI is InChI=1S/C35H44N6O8S2/c1-26(2)22-33(43)41-21-20-40(19-18-36-50(46,47)28-14-8-4-9-15-28)35(45)30(23-27-12-6-3-7-13-27)39-34(44)31(38-32(42)25-41)24-37-51(48,49)29-16-10-5-11-17-29/h3-17,26,30-31,36-37H,18-25H2,1-2H3,(H,38,42)(H,39,44)/t30-,31+/m0/s1. The van der Waals surface area contributed by atoms with Gasteiger partial charge in [-0.2, -0.15) is 0 Å². The maximum absolute atomic E-state index is 14.3. The second-order valence-electron chi connectivity index (χ2n) is 12.5. The van der Waals surface area contributed by atoms with Crippen LogP contribution in [0.25, 0.3) is 0 Å². The van der Waals surface area contributed by atoms with Crippen LogP contribution >= 0.6 is 0 Å². The second kappa shape index (κ2) is 18.0. The van der Waals surface area contributed by atoms with Gasteiger partial charge in [-0.3, -0.25) is 19.2 Å². The van der Waals surface area contributed by atoms with Crippen LogP contribution < -0.4 is 20.1 Å². The van der Waals surface area contributed by atoms with Crippen LogP contribution in [0.2, 0.25) is 0 Å². The maximum atomic E-state index is 14.3. The molecule has 1 saturated heterocycles. The molecule has 1 aliphatic heterocycles. The Morgan fingerprint density at radius 2 is 1.31 bits per heavy atom. The third kappa shape index (κ3) is 11.7. The van der Waals surface area contributed by atoms with Gasteiger partial charge >= 0.3 is 0 Å². The Morgan fingerprint density at radius 1 is 0.765 bits per heavy atom. The molecule has 0 unspecified atom stereocenters. The second-order valence-corrected chi connectivity index (χ2v) is 16.0. The molecule has 4 amide bonds. The summed E-state index contributed by atoms with van der Waals surface area (Å²) >= 11 is 0. The Hall–Kier alpha value is -4.64. The van der Waals surface area contributed by atoms with Crippen molar-refractivity contribution in [3.63, 3.8) is 0 Å². The Labute approximate surface area is 299 Å². The fourth-order valence-corrected chi connectivity index (χ4v) is 7.49. The summed E-state index contributed by atoms with van der Waals surface area (Å²) in [5.74, 6) is -2.51. The van der Waals surface area contributed by atoms with Gasteiger partial charge < -0.3 is 20.4 Å². The molecule has 2 atom stereocenters. The van der Waals surface area contributed by atoms with E-state index in [1.807, 2.05) is 13.8 Å². The summed E-state index contributed by atoms with van der Waals surface area (Å²) in [6.45, 7) is 2.25. The number of carbonyl (C=O) groups is 4. The summed E-state index contributed by atoms with van der Waals surface area (Å²) in [4.78, 5) is 57.4. The number of carbonyl (C=O) groups excluding carboxylic acids is 4. The highest BCUT2D eigenvalue weighted by molar-refractivity contribution is 7.89. The normalized spacial score (nSPS) is 18.1. The molecule has 16 heteroatoms. The lowest BCUT2D eigenvalue weighted by Crippen LogP contribution is -2.60. The van der Waals surface area contributed by atoms with E-state index in [0.29, 0.717) is 5.56 Å². The molecule has 1 aliphatic rings. The van der Waals surface area contributed by atoms with E-state index in [0.717, 1.165) is 0 Å². The van der Waals surface area contributed by atoms with Gasteiger partial charge in [0.1, 0.15) is 12.1 Å². The van der Waals surface area contributed by atoms with Crippen molar-refractivity contribution in [2.45, 2.75) is 48.6 Å². The largest absolute Gasteiger partial charge is 0.342 e. The van der Waals surface area contributed by atoms with E-state index in [1.165, 1.54) is 34.1 Å². The number of hydrogen-bond donors (Lipinski definition) is 4. The van der Waals surface area contributed by atoms with Gasteiger partial charge in [0.05, 0.1) is 16.3 Å². The smallest absolute Gasteiger partial charge is 0.245 e. The lowest BCUT2D eigenvalue weighted by atomic mass is 10.0. The average Bonchev–Trinajstić information content (AvgIpc) is 3.10. The van der Waals surface area contributed by atoms with Crippen LogP contribution in [-0.4, -0.2) is 102 Å². The van der Waals surface area contributed by atoms with E-state index in [4.69, 9.17) is 0 Å². The maximum Gasteiger partial charge on any atom is 0.245 e. The predicted octanol–water partition coefficient (Wildman–Crippen LogP) is 0.873. The van der Waals surface area contributed by atoms with E-state index in [-0.39, 0.29) is 60.6 Å². The van der Waals surface area contributed by atoms with E-state index >= 15 is 0 Å². The molecule has 14 nitrogen and oxygen atoms in total. The minimum absolute atomic E-state index is 0.0318. The molecular formula is C35H44N6O8S2. The van der Waals surface area contributed by atoms with E-state index in [2.05, 4.69) is 20.1 Å². The summed E-state index contributed by atoms with van der Waals surface area (Å²) in [6.07, 6.45) is 0.138. The van der Waals surface area contributed by atoms with Gasteiger partial charge in [0.25, 0.3) is 0 Å². The summed E-state index contributed by atoms with van der Waals surface area (Å²) in [5, 5.41) is 5.25. The van der Waals surface area contributed by atoms with Crippen molar-refractivity contribution in [3.8, 4) is 0 Å². The molecule has 0 radical (unpaired) electrons. The predicted molar refractivity (Wildman–Crippen MR) is 190 cm³/mol. The zero-order chi connectivity index (χ0) is 37.0. The summed E-state index contributed by atoms with van der Waals surface area (Å²) < 4.78 is 56.8. The summed E-state index contributed by atoms with van der Waals surface area (Å²) in [6, 6.07) is 21.4. The molecule has 0 bridgehead atoms. The molecular weight excluding hydrogens is 697 g/mol. The first-order valence-corrected chi connectivity index (χ1v) is 19.5. The highest BCUT2D eigenvalue weighted by Crippen LogP contribution is 2.12. The zero-order valence-corrected chi connectivity index (χ0v) is 30.2. The number of nitrogens with zero attached hydrogens (tertiary/aromatic N) is 2. The lowest BCUT2D eigenvalue weighted by molar-refractivity contribution is -0.141. The first-order valence-electron chi connectivity index (χ1n) is 16.5. The molecule has 0 spiro atoms. The van der Waals surface area contributed by atoms with Crippen molar-refractivity contribution in [2.24, 2.45) is 5.92 Å². The molecule has 0 aromatic heterocycles. The molecule has 51 heavy (non-hydrogen) atoms. The van der Waals surface area contributed by atoms with Crippen LogP contribution in [0.3, 0.4) is 0 Å². The number of rotatable bonds is 13. The Morgan fingerprint density at radius 3 is 1.88 bits per heavy atom. The van der Waals surface area contributed by atoms with E-state index in [1.54, 1.807) is 66.7 Å². The van der Waals surface area contributed by atoms with Gasteiger partial charge in [0.2, 0.25) is 43.7 Å². The Kier molecular flexibility index (Phi) is 13.8. The fraction of sp³-hybridized carbons (Fsp3) is 0.371. The summed E-state index contributed by atoms with van der Waals surface area (Å²) in [5.41, 5.74) is 0.701. The number of amides is 4. The van der Waals surface area contributed by atoms with Crippen molar-refractivity contribution >= 4 is 43.7 Å². The van der Waals surface area contributed by atoms with Crippen molar-refractivity contribution in [1.82, 2.24) is 29.9 Å². The van der Waals surface area contributed by atoms with Gasteiger partial charge in [0, 0.05) is 45.6 Å². The third-order valence-electron chi connectivity index (χ3n) is 8.03. The molecule has 3 aromatic carbocycles. The van der Waals surface area contributed by atoms with E-state index in [9.17, 15) is 36.0 Å². The van der Waals surface area contributed by atoms with Crippen molar-refractivity contribution < 1.29 is 36.0 Å². The van der Waals surface area contributed by atoms with Crippen molar-refractivity contribution in [2.75, 3.05) is 39.3 Å².